The van der Waals surface area contributed by atoms with Crippen LogP contribution in [0.15, 0.2) is 59.6 Å². The maximum atomic E-state index is 13.2. The van der Waals surface area contributed by atoms with Crippen LogP contribution in [0.4, 0.5) is 18.9 Å². The summed E-state index contributed by atoms with van der Waals surface area (Å²) in [6, 6.07) is 12.6. The molecule has 0 fully saturated rings. The average molecular weight is 409 g/mol. The predicted octanol–water partition coefficient (Wildman–Crippen LogP) is 4.03. The van der Waals surface area contributed by atoms with Crippen molar-refractivity contribution in [3.8, 4) is 17.1 Å². The number of benzene rings is 2. The maximum absolute atomic E-state index is 13.2. The molecule has 1 aromatic heterocycles. The number of hydrogen-bond acceptors (Lipinski definition) is 4. The van der Waals surface area contributed by atoms with Crippen molar-refractivity contribution in [3.05, 3.63) is 60.4 Å². The quantitative estimate of drug-likeness (QED) is 0.653. The third kappa shape index (κ3) is 4.04. The van der Waals surface area contributed by atoms with E-state index in [0.29, 0.717) is 11.3 Å². The molecule has 1 heterocycles. The molecule has 9 heteroatoms. The molecule has 0 saturated heterocycles. The monoisotopic (exact) mass is 409 g/mol. The molecule has 0 unspecified atom stereocenters. The van der Waals surface area contributed by atoms with E-state index in [9.17, 15) is 21.6 Å². The Morgan fingerprint density at radius 2 is 1.54 bits per heavy atom. The van der Waals surface area contributed by atoms with E-state index in [0.717, 1.165) is 18.1 Å². The van der Waals surface area contributed by atoms with Gasteiger partial charge in [0.15, 0.2) is 15.5 Å². The molecule has 0 saturated carbocycles. The Balaban J connectivity index is 2.13. The van der Waals surface area contributed by atoms with Gasteiger partial charge in [0.2, 0.25) is 0 Å². The van der Waals surface area contributed by atoms with Crippen LogP contribution in [0.25, 0.3) is 17.1 Å². The van der Waals surface area contributed by atoms with Crippen LogP contribution in [-0.2, 0) is 16.0 Å². The van der Waals surface area contributed by atoms with E-state index in [2.05, 4.69) is 4.98 Å². The molecule has 0 radical (unpaired) electrons. The van der Waals surface area contributed by atoms with Gasteiger partial charge in [-0.2, -0.15) is 13.2 Å². The van der Waals surface area contributed by atoms with Gasteiger partial charge in [-0.1, -0.05) is 0 Å². The molecule has 5 nitrogen and oxygen atoms in total. The summed E-state index contributed by atoms with van der Waals surface area (Å²) in [5, 5.41) is 0. The maximum Gasteiger partial charge on any atom is 0.434 e. The number of nitrogens with zero attached hydrogens (tertiary/aromatic N) is 3. The van der Waals surface area contributed by atoms with Crippen molar-refractivity contribution in [2.75, 3.05) is 25.3 Å². The van der Waals surface area contributed by atoms with E-state index in [1.807, 2.05) is 19.0 Å². The van der Waals surface area contributed by atoms with Crippen LogP contribution in [0, 0.1) is 0 Å². The highest BCUT2D eigenvalue weighted by molar-refractivity contribution is 7.90. The summed E-state index contributed by atoms with van der Waals surface area (Å²) >= 11 is 0. The van der Waals surface area contributed by atoms with E-state index in [1.165, 1.54) is 28.8 Å². The van der Waals surface area contributed by atoms with Gasteiger partial charge in [-0.15, -0.1) is 0 Å². The Labute approximate surface area is 161 Å². The zero-order chi connectivity index (χ0) is 20.7. The standard InChI is InChI=1S/C19H18F3N3O2S/c1-24(2)14-6-4-13(5-7-14)18-23-17(19(20,21)22)12-25(18)15-8-10-16(11-9-15)28(3,26)27/h4-12H,1-3H3. The van der Waals surface area contributed by atoms with Gasteiger partial charge < -0.3 is 4.90 Å². The molecule has 3 rings (SSSR count). The molecule has 28 heavy (non-hydrogen) atoms. The second kappa shape index (κ2) is 6.97. The van der Waals surface area contributed by atoms with Gasteiger partial charge in [-0.05, 0) is 48.5 Å². The van der Waals surface area contributed by atoms with Crippen molar-refractivity contribution in [1.82, 2.24) is 9.55 Å². The first kappa shape index (κ1) is 19.9. The van der Waals surface area contributed by atoms with Crippen molar-refractivity contribution in [3.63, 3.8) is 0 Å². The lowest BCUT2D eigenvalue weighted by Crippen LogP contribution is -2.08. The first-order valence-electron chi connectivity index (χ1n) is 8.21. The van der Waals surface area contributed by atoms with Crippen molar-refractivity contribution >= 4 is 15.5 Å². The van der Waals surface area contributed by atoms with E-state index in [-0.39, 0.29) is 10.7 Å². The summed E-state index contributed by atoms with van der Waals surface area (Å²) in [5.74, 6) is 0.115. The number of hydrogen-bond donors (Lipinski definition) is 0. The third-order valence-corrected chi connectivity index (χ3v) is 5.31. The summed E-state index contributed by atoms with van der Waals surface area (Å²) in [6.07, 6.45) is -2.63. The molecule has 2 aromatic carbocycles. The zero-order valence-electron chi connectivity index (χ0n) is 15.4. The van der Waals surface area contributed by atoms with E-state index >= 15 is 0 Å². The normalized spacial score (nSPS) is 12.2. The van der Waals surface area contributed by atoms with Gasteiger partial charge in [0.05, 0.1) is 4.90 Å². The molecular formula is C19H18F3N3O2S. The Hall–Kier alpha value is -2.81. The molecule has 0 aliphatic rings. The highest BCUT2D eigenvalue weighted by Gasteiger charge is 2.35. The summed E-state index contributed by atoms with van der Waals surface area (Å²) in [6.45, 7) is 0. The Kier molecular flexibility index (Phi) is 4.97. The van der Waals surface area contributed by atoms with E-state index < -0.39 is 21.7 Å². The number of anilines is 1. The molecular weight excluding hydrogens is 391 g/mol. The fourth-order valence-electron chi connectivity index (χ4n) is 2.68. The van der Waals surface area contributed by atoms with Crippen molar-refractivity contribution in [2.45, 2.75) is 11.1 Å². The number of aromatic nitrogens is 2. The van der Waals surface area contributed by atoms with Crippen LogP contribution < -0.4 is 4.90 Å². The number of alkyl halides is 3. The first-order chi connectivity index (χ1) is 13.0. The summed E-state index contributed by atoms with van der Waals surface area (Å²) in [5.41, 5.74) is 0.761. The van der Waals surface area contributed by atoms with Gasteiger partial charge in [-0.25, -0.2) is 13.4 Å². The zero-order valence-corrected chi connectivity index (χ0v) is 16.2. The molecule has 0 atom stereocenters. The minimum Gasteiger partial charge on any atom is -0.378 e. The lowest BCUT2D eigenvalue weighted by molar-refractivity contribution is -0.140. The minimum atomic E-state index is -4.60. The Morgan fingerprint density at radius 1 is 0.964 bits per heavy atom. The summed E-state index contributed by atoms with van der Waals surface area (Å²) in [7, 11) is 0.320. The smallest absolute Gasteiger partial charge is 0.378 e. The van der Waals surface area contributed by atoms with Crippen molar-refractivity contribution in [1.29, 1.82) is 0 Å². The molecule has 0 aliphatic carbocycles. The second-order valence-electron chi connectivity index (χ2n) is 6.52. The van der Waals surface area contributed by atoms with E-state index in [1.54, 1.807) is 24.3 Å². The van der Waals surface area contributed by atoms with Gasteiger partial charge in [0.25, 0.3) is 0 Å². The lowest BCUT2D eigenvalue weighted by atomic mass is 10.2. The Bertz CT molecular complexity index is 1080. The second-order valence-corrected chi connectivity index (χ2v) is 8.54. The van der Waals surface area contributed by atoms with Crippen LogP contribution in [0.5, 0.6) is 0 Å². The minimum absolute atomic E-state index is 0.0873. The molecule has 148 valence electrons. The number of rotatable bonds is 4. The summed E-state index contributed by atoms with van der Waals surface area (Å²) < 4.78 is 64.3. The average Bonchev–Trinajstić information content (AvgIpc) is 3.07. The van der Waals surface area contributed by atoms with Gasteiger partial charge in [0, 0.05) is 43.5 Å². The topological polar surface area (TPSA) is 55.2 Å². The fraction of sp³-hybridized carbons (Fsp3) is 0.211. The first-order valence-corrected chi connectivity index (χ1v) is 10.1. The van der Waals surface area contributed by atoms with Crippen LogP contribution in [0.1, 0.15) is 5.69 Å². The summed E-state index contributed by atoms with van der Waals surface area (Å²) in [4.78, 5) is 5.74. The molecule has 0 spiro atoms. The number of imidazole rings is 1. The van der Waals surface area contributed by atoms with Gasteiger partial charge >= 0.3 is 6.18 Å². The highest BCUT2D eigenvalue weighted by atomic mass is 32.2. The highest BCUT2D eigenvalue weighted by Crippen LogP contribution is 2.33. The van der Waals surface area contributed by atoms with Crippen LogP contribution in [0.3, 0.4) is 0 Å². The number of halogens is 3. The van der Waals surface area contributed by atoms with Crippen LogP contribution >= 0.6 is 0 Å². The fourth-order valence-corrected chi connectivity index (χ4v) is 3.31. The van der Waals surface area contributed by atoms with Gasteiger partial charge in [-0.3, -0.25) is 4.57 Å². The number of sulfone groups is 1. The molecule has 0 bridgehead atoms. The van der Waals surface area contributed by atoms with Crippen molar-refractivity contribution < 1.29 is 21.6 Å². The molecule has 0 amide bonds. The predicted molar refractivity (Wildman–Crippen MR) is 101 cm³/mol. The SMILES string of the molecule is CN(C)c1ccc(-c2nc(C(F)(F)F)cn2-c2ccc(S(C)(=O)=O)cc2)cc1. The Morgan fingerprint density at radius 3 is 2.00 bits per heavy atom. The van der Waals surface area contributed by atoms with Gasteiger partial charge in [0.1, 0.15) is 5.82 Å². The molecule has 0 N–H and O–H groups in total. The van der Waals surface area contributed by atoms with E-state index in [4.69, 9.17) is 0 Å². The van der Waals surface area contributed by atoms with Crippen molar-refractivity contribution in [2.24, 2.45) is 0 Å². The molecule has 3 aromatic rings. The lowest BCUT2D eigenvalue weighted by Gasteiger charge is -2.13. The van der Waals surface area contributed by atoms with Crippen LogP contribution in [-0.4, -0.2) is 38.3 Å². The largest absolute Gasteiger partial charge is 0.434 e. The third-order valence-electron chi connectivity index (χ3n) is 4.18. The molecule has 0 aliphatic heterocycles. The van der Waals surface area contributed by atoms with Crippen LogP contribution in [0.2, 0.25) is 0 Å².